The third kappa shape index (κ3) is 3.45. The number of nitrogen functional groups attached to an aromatic ring is 1. The number of hydrogen-bond acceptors (Lipinski definition) is 5. The van der Waals surface area contributed by atoms with Crippen LogP contribution >= 0.6 is 0 Å². The van der Waals surface area contributed by atoms with E-state index in [2.05, 4.69) is 14.9 Å². The highest BCUT2D eigenvalue weighted by Crippen LogP contribution is 2.27. The molecule has 0 fully saturated rings. The lowest BCUT2D eigenvalue weighted by molar-refractivity contribution is -0.274. The molecular weight excluding hydrogens is 330 g/mol. The van der Waals surface area contributed by atoms with E-state index < -0.39 is 12.2 Å². The molecule has 3 aromatic rings. The molecule has 2 N–H and O–H groups in total. The van der Waals surface area contributed by atoms with E-state index in [-0.39, 0.29) is 23.2 Å². The van der Waals surface area contributed by atoms with Crippen LogP contribution in [0.5, 0.6) is 5.75 Å². The Hall–Kier alpha value is -3.10. The fourth-order valence-corrected chi connectivity index (χ4v) is 1.92. The Bertz CT molecular complexity index is 860. The Labute approximate surface area is 132 Å². The van der Waals surface area contributed by atoms with E-state index in [1.165, 1.54) is 24.3 Å². The van der Waals surface area contributed by atoms with Gasteiger partial charge in [-0.05, 0) is 42.5 Å². The summed E-state index contributed by atoms with van der Waals surface area (Å²) in [6, 6.07) is 8.96. The maximum atomic E-state index is 13.5. The number of halogens is 4. The highest BCUT2D eigenvalue weighted by molar-refractivity contribution is 5.62. The zero-order chi connectivity index (χ0) is 17.3. The van der Waals surface area contributed by atoms with Crippen LogP contribution in [0.15, 0.2) is 47.0 Å². The molecule has 0 amide bonds. The fourth-order valence-electron chi connectivity index (χ4n) is 1.92. The van der Waals surface area contributed by atoms with Crippen molar-refractivity contribution in [2.24, 2.45) is 0 Å². The first-order chi connectivity index (χ1) is 11.3. The molecule has 0 saturated heterocycles. The average molecular weight is 339 g/mol. The van der Waals surface area contributed by atoms with Crippen molar-refractivity contribution in [2.45, 2.75) is 6.36 Å². The maximum absolute atomic E-state index is 13.5. The second-order valence-corrected chi connectivity index (χ2v) is 4.73. The van der Waals surface area contributed by atoms with Crippen molar-refractivity contribution in [3.8, 4) is 28.6 Å². The van der Waals surface area contributed by atoms with E-state index in [0.717, 1.165) is 18.2 Å². The van der Waals surface area contributed by atoms with Crippen LogP contribution in [0.25, 0.3) is 22.8 Å². The molecule has 1 heterocycles. The number of nitrogens with two attached hydrogens (primary N) is 1. The average Bonchev–Trinajstić information content (AvgIpc) is 2.99. The van der Waals surface area contributed by atoms with Gasteiger partial charge < -0.3 is 15.0 Å². The number of ether oxygens (including phenoxy) is 1. The zero-order valence-electron chi connectivity index (χ0n) is 11.8. The second kappa shape index (κ2) is 5.84. The van der Waals surface area contributed by atoms with Gasteiger partial charge in [0.05, 0.1) is 5.69 Å². The van der Waals surface area contributed by atoms with Crippen molar-refractivity contribution in [3.63, 3.8) is 0 Å². The number of benzene rings is 2. The van der Waals surface area contributed by atoms with E-state index in [0.29, 0.717) is 11.1 Å². The van der Waals surface area contributed by atoms with Crippen LogP contribution in [0, 0.1) is 5.82 Å². The first-order valence-electron chi connectivity index (χ1n) is 6.57. The summed E-state index contributed by atoms with van der Waals surface area (Å²) in [7, 11) is 0. The van der Waals surface area contributed by atoms with Crippen molar-refractivity contribution in [3.05, 3.63) is 48.3 Å². The van der Waals surface area contributed by atoms with Crippen LogP contribution in [0.2, 0.25) is 0 Å². The van der Waals surface area contributed by atoms with Gasteiger partial charge in [0.2, 0.25) is 5.82 Å². The number of rotatable bonds is 3. The predicted octanol–water partition coefficient (Wildman–Crippen LogP) is 4.02. The normalized spacial score (nSPS) is 11.5. The standard InChI is InChI=1S/C15H9F4N3O2/c16-11-7-9(3-6-12(11)20)14-21-13(22-24-14)8-1-4-10(5-2-8)23-15(17,18)19/h1-7H,20H2. The summed E-state index contributed by atoms with van der Waals surface area (Å²) in [5, 5.41) is 3.72. The van der Waals surface area contributed by atoms with Crippen LogP contribution in [0.4, 0.5) is 23.2 Å². The van der Waals surface area contributed by atoms with Gasteiger partial charge in [-0.3, -0.25) is 0 Å². The van der Waals surface area contributed by atoms with Gasteiger partial charge >= 0.3 is 6.36 Å². The Morgan fingerprint density at radius 2 is 1.67 bits per heavy atom. The molecule has 0 aliphatic carbocycles. The first kappa shape index (κ1) is 15.8. The Balaban J connectivity index is 1.84. The fraction of sp³-hybridized carbons (Fsp3) is 0.0667. The molecule has 0 saturated carbocycles. The minimum absolute atomic E-state index is 0.0151. The molecule has 1 aromatic heterocycles. The minimum Gasteiger partial charge on any atom is -0.406 e. The lowest BCUT2D eigenvalue weighted by Gasteiger charge is -2.08. The monoisotopic (exact) mass is 339 g/mol. The summed E-state index contributed by atoms with van der Waals surface area (Å²) in [6.07, 6.45) is -4.76. The SMILES string of the molecule is Nc1ccc(-c2nc(-c3ccc(OC(F)(F)F)cc3)no2)cc1F. The molecule has 5 nitrogen and oxygen atoms in total. The predicted molar refractivity (Wildman–Crippen MR) is 76.2 cm³/mol. The quantitative estimate of drug-likeness (QED) is 0.576. The summed E-state index contributed by atoms with van der Waals surface area (Å²) < 4.78 is 58.6. The number of hydrogen-bond donors (Lipinski definition) is 1. The Morgan fingerprint density at radius 3 is 2.29 bits per heavy atom. The molecule has 9 heteroatoms. The second-order valence-electron chi connectivity index (χ2n) is 4.73. The van der Waals surface area contributed by atoms with Gasteiger partial charge in [0, 0.05) is 11.1 Å². The van der Waals surface area contributed by atoms with Crippen LogP contribution in [0.1, 0.15) is 0 Å². The lowest BCUT2D eigenvalue weighted by Crippen LogP contribution is -2.16. The van der Waals surface area contributed by atoms with Crippen molar-refractivity contribution >= 4 is 5.69 Å². The molecule has 0 aliphatic heterocycles. The molecule has 2 aromatic carbocycles. The summed E-state index contributed by atoms with van der Waals surface area (Å²) in [4.78, 5) is 4.08. The summed E-state index contributed by atoms with van der Waals surface area (Å²) >= 11 is 0. The van der Waals surface area contributed by atoms with Crippen LogP contribution in [0.3, 0.4) is 0 Å². The minimum atomic E-state index is -4.76. The van der Waals surface area contributed by atoms with Crippen molar-refractivity contribution < 1.29 is 26.8 Å². The van der Waals surface area contributed by atoms with E-state index in [9.17, 15) is 17.6 Å². The molecule has 0 aliphatic rings. The van der Waals surface area contributed by atoms with Crippen molar-refractivity contribution in [1.82, 2.24) is 10.1 Å². The van der Waals surface area contributed by atoms with E-state index in [4.69, 9.17) is 10.3 Å². The first-order valence-corrected chi connectivity index (χ1v) is 6.57. The van der Waals surface area contributed by atoms with Gasteiger partial charge in [-0.2, -0.15) is 4.98 Å². The van der Waals surface area contributed by atoms with Crippen molar-refractivity contribution in [2.75, 3.05) is 5.73 Å². The van der Waals surface area contributed by atoms with E-state index >= 15 is 0 Å². The summed E-state index contributed by atoms with van der Waals surface area (Å²) in [5.74, 6) is -0.795. The Kier molecular flexibility index (Phi) is 3.84. The molecule has 24 heavy (non-hydrogen) atoms. The van der Waals surface area contributed by atoms with Gasteiger partial charge in [-0.15, -0.1) is 13.2 Å². The van der Waals surface area contributed by atoms with E-state index in [1.54, 1.807) is 0 Å². The molecule has 3 rings (SSSR count). The maximum Gasteiger partial charge on any atom is 0.573 e. The molecule has 0 spiro atoms. The lowest BCUT2D eigenvalue weighted by atomic mass is 10.2. The number of anilines is 1. The highest BCUT2D eigenvalue weighted by Gasteiger charge is 2.31. The molecule has 0 radical (unpaired) electrons. The van der Waals surface area contributed by atoms with Crippen LogP contribution < -0.4 is 10.5 Å². The number of alkyl halides is 3. The summed E-state index contributed by atoms with van der Waals surface area (Å²) in [6.45, 7) is 0. The van der Waals surface area contributed by atoms with Crippen LogP contribution in [-0.4, -0.2) is 16.5 Å². The van der Waals surface area contributed by atoms with Crippen molar-refractivity contribution in [1.29, 1.82) is 0 Å². The van der Waals surface area contributed by atoms with Gasteiger partial charge in [0.25, 0.3) is 5.89 Å². The topological polar surface area (TPSA) is 74.2 Å². The van der Waals surface area contributed by atoms with Crippen LogP contribution in [-0.2, 0) is 0 Å². The van der Waals surface area contributed by atoms with Gasteiger partial charge in [0.15, 0.2) is 0 Å². The molecule has 124 valence electrons. The van der Waals surface area contributed by atoms with E-state index in [1.807, 2.05) is 0 Å². The highest BCUT2D eigenvalue weighted by atomic mass is 19.4. The van der Waals surface area contributed by atoms with Gasteiger partial charge in [0.1, 0.15) is 11.6 Å². The number of aromatic nitrogens is 2. The molecule has 0 atom stereocenters. The molecule has 0 bridgehead atoms. The zero-order valence-corrected chi connectivity index (χ0v) is 11.8. The summed E-state index contributed by atoms with van der Waals surface area (Å²) in [5.41, 5.74) is 6.12. The van der Waals surface area contributed by atoms with Gasteiger partial charge in [-0.1, -0.05) is 5.16 Å². The molecule has 0 unspecified atom stereocenters. The Morgan fingerprint density at radius 1 is 1.00 bits per heavy atom. The molecular formula is C15H9F4N3O2. The van der Waals surface area contributed by atoms with Gasteiger partial charge in [-0.25, -0.2) is 4.39 Å². The largest absolute Gasteiger partial charge is 0.573 e. The third-order valence-corrected chi connectivity index (χ3v) is 3.02. The third-order valence-electron chi connectivity index (χ3n) is 3.02. The smallest absolute Gasteiger partial charge is 0.406 e. The number of nitrogens with zero attached hydrogens (tertiary/aromatic N) is 2.